The van der Waals surface area contributed by atoms with Gasteiger partial charge in [0.1, 0.15) is 5.82 Å². The molecular formula is C13H19BrFN3O2S. The van der Waals surface area contributed by atoms with Crippen molar-refractivity contribution in [3.8, 4) is 0 Å². The Hall–Kier alpha value is -0.700. The van der Waals surface area contributed by atoms with Crippen molar-refractivity contribution in [3.63, 3.8) is 0 Å². The van der Waals surface area contributed by atoms with E-state index >= 15 is 0 Å². The molecule has 0 unspecified atom stereocenters. The van der Waals surface area contributed by atoms with Gasteiger partial charge in [-0.2, -0.15) is 12.7 Å². The number of hydrogen-bond donors (Lipinski definition) is 2. The summed E-state index contributed by atoms with van der Waals surface area (Å²) in [7, 11) is -1.70. The molecule has 0 radical (unpaired) electrons. The molecule has 0 bridgehead atoms. The van der Waals surface area contributed by atoms with Crippen molar-refractivity contribution in [3.05, 3.63) is 28.5 Å². The van der Waals surface area contributed by atoms with Crippen LogP contribution in [0.3, 0.4) is 0 Å². The van der Waals surface area contributed by atoms with Gasteiger partial charge in [0, 0.05) is 17.6 Å². The van der Waals surface area contributed by atoms with Gasteiger partial charge < -0.3 is 5.32 Å². The summed E-state index contributed by atoms with van der Waals surface area (Å²) >= 11 is 3.16. The van der Waals surface area contributed by atoms with E-state index in [-0.39, 0.29) is 0 Å². The highest BCUT2D eigenvalue weighted by atomic mass is 79.9. The summed E-state index contributed by atoms with van der Waals surface area (Å²) in [4.78, 5) is 0. The highest BCUT2D eigenvalue weighted by Crippen LogP contribution is 2.26. The summed E-state index contributed by atoms with van der Waals surface area (Å²) in [5.74, 6) is 0.0942. The number of anilines is 1. The number of piperidine rings is 1. The molecule has 2 rings (SSSR count). The average molecular weight is 380 g/mol. The van der Waals surface area contributed by atoms with Gasteiger partial charge in [0.15, 0.2) is 0 Å². The van der Waals surface area contributed by atoms with Crippen molar-refractivity contribution in [2.75, 3.05) is 31.4 Å². The second kappa shape index (κ2) is 7.04. The maximum absolute atomic E-state index is 13.0. The van der Waals surface area contributed by atoms with Gasteiger partial charge in [-0.25, -0.2) is 4.39 Å². The molecule has 21 heavy (non-hydrogen) atoms. The summed E-state index contributed by atoms with van der Waals surface area (Å²) in [5, 5.41) is 3.12. The van der Waals surface area contributed by atoms with Crippen LogP contribution in [0.2, 0.25) is 0 Å². The average Bonchev–Trinajstić information content (AvgIpc) is 2.43. The number of halogens is 2. The zero-order valence-electron chi connectivity index (χ0n) is 11.8. The minimum atomic E-state index is -3.60. The Labute approximate surface area is 133 Å². The summed E-state index contributed by atoms with van der Waals surface area (Å²) < 4.78 is 42.0. The first kappa shape index (κ1) is 16.7. The van der Waals surface area contributed by atoms with E-state index in [0.717, 1.165) is 19.4 Å². The minimum absolute atomic E-state index is 0.341. The van der Waals surface area contributed by atoms with Gasteiger partial charge in [-0.3, -0.25) is 4.72 Å². The molecule has 0 saturated carbocycles. The molecule has 5 nitrogen and oxygen atoms in total. The molecule has 118 valence electrons. The lowest BCUT2D eigenvalue weighted by atomic mass is 9.98. The first-order chi connectivity index (χ1) is 9.92. The molecule has 1 aromatic rings. The molecule has 1 aromatic carbocycles. The van der Waals surface area contributed by atoms with Crippen LogP contribution in [0.25, 0.3) is 0 Å². The topological polar surface area (TPSA) is 61.4 Å². The van der Waals surface area contributed by atoms with E-state index < -0.39 is 16.0 Å². The lowest BCUT2D eigenvalue weighted by molar-refractivity contribution is 0.272. The fourth-order valence-corrected chi connectivity index (χ4v) is 4.28. The monoisotopic (exact) mass is 379 g/mol. The molecule has 0 amide bonds. The molecule has 1 saturated heterocycles. The van der Waals surface area contributed by atoms with E-state index in [1.54, 1.807) is 0 Å². The largest absolute Gasteiger partial charge is 0.319 e. The first-order valence-corrected chi connectivity index (χ1v) is 9.03. The Balaban J connectivity index is 2.02. The lowest BCUT2D eigenvalue weighted by Crippen LogP contribution is -2.43. The third kappa shape index (κ3) is 4.38. The molecule has 1 heterocycles. The molecule has 0 atom stereocenters. The molecule has 0 aromatic heterocycles. The quantitative estimate of drug-likeness (QED) is 0.823. The molecule has 8 heteroatoms. The zero-order chi connectivity index (χ0) is 15.5. The predicted octanol–water partition coefficient (Wildman–Crippen LogP) is 2.18. The third-order valence-electron chi connectivity index (χ3n) is 3.58. The Kier molecular flexibility index (Phi) is 5.59. The van der Waals surface area contributed by atoms with Gasteiger partial charge in [-0.1, -0.05) is 0 Å². The van der Waals surface area contributed by atoms with Gasteiger partial charge in [-0.15, -0.1) is 0 Å². The van der Waals surface area contributed by atoms with Crippen molar-refractivity contribution in [1.29, 1.82) is 0 Å². The Bertz CT molecular complexity index is 589. The fraction of sp³-hybridized carbons (Fsp3) is 0.538. The number of benzene rings is 1. The summed E-state index contributed by atoms with van der Waals surface area (Å²) in [6.07, 6.45) is 1.68. The van der Waals surface area contributed by atoms with E-state index in [2.05, 4.69) is 26.0 Å². The highest BCUT2D eigenvalue weighted by Gasteiger charge is 2.28. The van der Waals surface area contributed by atoms with Gasteiger partial charge in [0.2, 0.25) is 0 Å². The summed E-state index contributed by atoms with van der Waals surface area (Å²) in [6.45, 7) is 1.91. The van der Waals surface area contributed by atoms with Crippen LogP contribution >= 0.6 is 15.9 Å². The van der Waals surface area contributed by atoms with E-state index in [0.29, 0.717) is 29.2 Å². The van der Waals surface area contributed by atoms with E-state index in [1.165, 1.54) is 22.5 Å². The van der Waals surface area contributed by atoms with Crippen LogP contribution in [0.5, 0.6) is 0 Å². The van der Waals surface area contributed by atoms with Crippen LogP contribution in [-0.2, 0) is 10.2 Å². The third-order valence-corrected chi connectivity index (χ3v) is 5.76. The minimum Gasteiger partial charge on any atom is -0.319 e. The Morgan fingerprint density at radius 3 is 2.62 bits per heavy atom. The number of rotatable bonds is 5. The number of nitrogens with one attached hydrogen (secondary N) is 2. The highest BCUT2D eigenvalue weighted by molar-refractivity contribution is 9.10. The van der Waals surface area contributed by atoms with Crippen LogP contribution in [0.15, 0.2) is 22.7 Å². The van der Waals surface area contributed by atoms with Crippen LogP contribution in [0.1, 0.15) is 12.8 Å². The lowest BCUT2D eigenvalue weighted by Gasteiger charge is -2.31. The van der Waals surface area contributed by atoms with Gasteiger partial charge in [0.05, 0.1) is 5.69 Å². The summed E-state index contributed by atoms with van der Waals surface area (Å²) in [5.41, 5.74) is 0.341. The molecule has 0 spiro atoms. The first-order valence-electron chi connectivity index (χ1n) is 6.80. The maximum Gasteiger partial charge on any atom is 0.301 e. The van der Waals surface area contributed by atoms with E-state index in [4.69, 9.17) is 0 Å². The van der Waals surface area contributed by atoms with Crippen LogP contribution in [-0.4, -0.2) is 39.4 Å². The van der Waals surface area contributed by atoms with Crippen LogP contribution in [0.4, 0.5) is 10.1 Å². The molecule has 2 N–H and O–H groups in total. The number of hydrogen-bond acceptors (Lipinski definition) is 3. The second-order valence-corrected chi connectivity index (χ2v) is 7.66. The smallest absolute Gasteiger partial charge is 0.301 e. The van der Waals surface area contributed by atoms with Gasteiger partial charge >= 0.3 is 10.2 Å². The van der Waals surface area contributed by atoms with Crippen molar-refractivity contribution in [2.45, 2.75) is 12.8 Å². The van der Waals surface area contributed by atoms with Crippen LogP contribution in [0, 0.1) is 11.7 Å². The van der Waals surface area contributed by atoms with Crippen molar-refractivity contribution in [2.24, 2.45) is 5.92 Å². The molecule has 0 aliphatic carbocycles. The Morgan fingerprint density at radius 2 is 2.05 bits per heavy atom. The van der Waals surface area contributed by atoms with Crippen molar-refractivity contribution < 1.29 is 12.8 Å². The molecule has 1 aliphatic rings. The maximum atomic E-state index is 13.0. The molecule has 1 fully saturated rings. The van der Waals surface area contributed by atoms with Gasteiger partial charge in [-0.05, 0) is 66.5 Å². The standard InChI is InChI=1S/C13H19BrFN3O2S/c1-16-9-10-4-6-18(7-5-10)21(19,20)17-13-3-2-11(15)8-12(13)14/h2-3,8,10,16-17H,4-7,9H2,1H3. The molecular weight excluding hydrogens is 361 g/mol. The van der Waals surface area contributed by atoms with Gasteiger partial charge in [0.25, 0.3) is 0 Å². The summed E-state index contributed by atoms with van der Waals surface area (Å²) in [6, 6.07) is 3.86. The fourth-order valence-electron chi connectivity index (χ4n) is 2.42. The zero-order valence-corrected chi connectivity index (χ0v) is 14.2. The predicted molar refractivity (Wildman–Crippen MR) is 84.9 cm³/mol. The second-order valence-electron chi connectivity index (χ2n) is 5.13. The van der Waals surface area contributed by atoms with E-state index in [9.17, 15) is 12.8 Å². The number of nitrogens with zero attached hydrogens (tertiary/aromatic N) is 1. The van der Waals surface area contributed by atoms with Crippen LogP contribution < -0.4 is 10.0 Å². The van der Waals surface area contributed by atoms with E-state index in [1.807, 2.05) is 7.05 Å². The Morgan fingerprint density at radius 1 is 1.38 bits per heavy atom. The van der Waals surface area contributed by atoms with Crippen molar-refractivity contribution >= 4 is 31.8 Å². The molecule has 1 aliphatic heterocycles. The normalized spacial score (nSPS) is 17.9. The van der Waals surface area contributed by atoms with Crippen molar-refractivity contribution in [1.82, 2.24) is 9.62 Å². The SMILES string of the molecule is CNCC1CCN(S(=O)(=O)Nc2ccc(F)cc2Br)CC1.